The number of aromatic nitrogens is 2. The van der Waals surface area contributed by atoms with Crippen LogP contribution in [0.3, 0.4) is 0 Å². The van der Waals surface area contributed by atoms with Gasteiger partial charge in [0.15, 0.2) is 6.29 Å². The molecule has 0 fully saturated rings. The lowest BCUT2D eigenvalue weighted by molar-refractivity contribution is 0.111. The van der Waals surface area contributed by atoms with Crippen molar-refractivity contribution in [2.75, 3.05) is 18.0 Å². The molecule has 0 N–H and O–H groups in total. The molecule has 1 aromatic heterocycles. The van der Waals surface area contributed by atoms with E-state index in [0.717, 1.165) is 25.2 Å². The van der Waals surface area contributed by atoms with E-state index < -0.39 is 0 Å². The van der Waals surface area contributed by atoms with Crippen molar-refractivity contribution in [1.29, 1.82) is 0 Å². The highest BCUT2D eigenvalue weighted by molar-refractivity contribution is 5.71. The molecule has 0 aliphatic carbocycles. The lowest BCUT2D eigenvalue weighted by atomic mass is 10.1. The molecule has 118 valence electrons. The summed E-state index contributed by atoms with van der Waals surface area (Å²) >= 11 is 0. The maximum atomic E-state index is 10.7. The van der Waals surface area contributed by atoms with Crippen molar-refractivity contribution >= 4 is 12.1 Å². The SMILES string of the molecule is CCCCCCN(CCCCCC)c1cnc(C=O)cn1. The van der Waals surface area contributed by atoms with Crippen molar-refractivity contribution in [2.45, 2.75) is 65.2 Å². The molecule has 0 radical (unpaired) electrons. The molecule has 0 saturated carbocycles. The van der Waals surface area contributed by atoms with Gasteiger partial charge in [-0.3, -0.25) is 4.79 Å². The lowest BCUT2D eigenvalue weighted by Gasteiger charge is -2.23. The molecule has 0 spiro atoms. The Balaban J connectivity index is 2.53. The van der Waals surface area contributed by atoms with E-state index in [0.29, 0.717) is 5.69 Å². The van der Waals surface area contributed by atoms with Crippen molar-refractivity contribution < 1.29 is 4.79 Å². The van der Waals surface area contributed by atoms with Crippen molar-refractivity contribution in [3.05, 3.63) is 18.1 Å². The van der Waals surface area contributed by atoms with Gasteiger partial charge in [-0.2, -0.15) is 0 Å². The Hall–Kier alpha value is -1.45. The maximum Gasteiger partial charge on any atom is 0.170 e. The summed E-state index contributed by atoms with van der Waals surface area (Å²) in [6.45, 7) is 6.51. The van der Waals surface area contributed by atoms with Gasteiger partial charge in [-0.15, -0.1) is 0 Å². The Labute approximate surface area is 129 Å². The Morgan fingerprint density at radius 1 is 0.905 bits per heavy atom. The van der Waals surface area contributed by atoms with Crippen LogP contribution in [0.2, 0.25) is 0 Å². The van der Waals surface area contributed by atoms with Crippen LogP contribution in [0.25, 0.3) is 0 Å². The van der Waals surface area contributed by atoms with Gasteiger partial charge in [0.2, 0.25) is 0 Å². The second kappa shape index (κ2) is 11.2. The van der Waals surface area contributed by atoms with Crippen LogP contribution in [0.15, 0.2) is 12.4 Å². The van der Waals surface area contributed by atoms with Crippen molar-refractivity contribution in [1.82, 2.24) is 9.97 Å². The number of aldehydes is 1. The molecule has 0 unspecified atom stereocenters. The first-order chi connectivity index (χ1) is 10.3. The molecule has 1 rings (SSSR count). The van der Waals surface area contributed by atoms with Crippen LogP contribution >= 0.6 is 0 Å². The third-order valence-electron chi connectivity index (χ3n) is 3.67. The number of nitrogens with zero attached hydrogens (tertiary/aromatic N) is 3. The molecule has 0 saturated heterocycles. The number of carbonyl (C=O) groups is 1. The van der Waals surface area contributed by atoms with Gasteiger partial charge in [-0.1, -0.05) is 52.4 Å². The fraction of sp³-hybridized carbons (Fsp3) is 0.706. The van der Waals surface area contributed by atoms with Crippen molar-refractivity contribution in [3.8, 4) is 0 Å². The van der Waals surface area contributed by atoms with Crippen LogP contribution < -0.4 is 4.90 Å². The zero-order chi connectivity index (χ0) is 15.3. The molecule has 1 aromatic rings. The minimum absolute atomic E-state index is 0.399. The van der Waals surface area contributed by atoms with E-state index in [1.54, 1.807) is 12.4 Å². The quantitative estimate of drug-likeness (QED) is 0.426. The fourth-order valence-corrected chi connectivity index (χ4v) is 2.36. The minimum Gasteiger partial charge on any atom is -0.355 e. The molecule has 0 bridgehead atoms. The first kappa shape index (κ1) is 17.6. The second-order valence-electron chi connectivity index (χ2n) is 5.53. The summed E-state index contributed by atoms with van der Waals surface area (Å²) in [5, 5.41) is 0. The van der Waals surface area contributed by atoms with Gasteiger partial charge >= 0.3 is 0 Å². The molecular weight excluding hydrogens is 262 g/mol. The third kappa shape index (κ3) is 7.21. The van der Waals surface area contributed by atoms with Gasteiger partial charge in [-0.05, 0) is 12.8 Å². The smallest absolute Gasteiger partial charge is 0.170 e. The number of carbonyl (C=O) groups excluding carboxylic acids is 1. The van der Waals surface area contributed by atoms with E-state index in [2.05, 4.69) is 28.7 Å². The summed E-state index contributed by atoms with van der Waals surface area (Å²) in [6.07, 6.45) is 14.0. The van der Waals surface area contributed by atoms with Crippen LogP contribution in [0.4, 0.5) is 5.82 Å². The largest absolute Gasteiger partial charge is 0.355 e. The molecule has 4 nitrogen and oxygen atoms in total. The monoisotopic (exact) mass is 291 g/mol. The maximum absolute atomic E-state index is 10.7. The van der Waals surface area contributed by atoms with Gasteiger partial charge in [-0.25, -0.2) is 9.97 Å². The van der Waals surface area contributed by atoms with E-state index in [9.17, 15) is 4.79 Å². The van der Waals surface area contributed by atoms with Crippen LogP contribution in [0, 0.1) is 0 Å². The van der Waals surface area contributed by atoms with Gasteiger partial charge in [0.25, 0.3) is 0 Å². The summed E-state index contributed by atoms with van der Waals surface area (Å²) in [6, 6.07) is 0. The zero-order valence-corrected chi connectivity index (χ0v) is 13.6. The van der Waals surface area contributed by atoms with Crippen LogP contribution in [-0.2, 0) is 0 Å². The van der Waals surface area contributed by atoms with Crippen LogP contribution in [0.5, 0.6) is 0 Å². The Morgan fingerprint density at radius 3 is 1.95 bits per heavy atom. The molecule has 0 atom stereocenters. The summed E-state index contributed by atoms with van der Waals surface area (Å²) in [5.74, 6) is 0.897. The second-order valence-corrected chi connectivity index (χ2v) is 5.53. The first-order valence-corrected chi connectivity index (χ1v) is 8.34. The van der Waals surface area contributed by atoms with E-state index in [1.807, 2.05) is 0 Å². The van der Waals surface area contributed by atoms with Gasteiger partial charge in [0.1, 0.15) is 11.5 Å². The number of rotatable bonds is 12. The highest BCUT2D eigenvalue weighted by Crippen LogP contribution is 2.13. The molecular formula is C17H29N3O. The van der Waals surface area contributed by atoms with E-state index in [4.69, 9.17) is 0 Å². The predicted octanol–water partition coefficient (Wildman–Crippen LogP) is 4.26. The average Bonchev–Trinajstić information content (AvgIpc) is 2.53. The molecule has 21 heavy (non-hydrogen) atoms. The van der Waals surface area contributed by atoms with Gasteiger partial charge in [0, 0.05) is 13.1 Å². The van der Waals surface area contributed by atoms with Gasteiger partial charge in [0.05, 0.1) is 12.4 Å². The summed E-state index contributed by atoms with van der Waals surface area (Å²) in [7, 11) is 0. The van der Waals surface area contributed by atoms with Crippen molar-refractivity contribution in [3.63, 3.8) is 0 Å². The number of hydrogen-bond acceptors (Lipinski definition) is 4. The number of unbranched alkanes of at least 4 members (excludes halogenated alkanes) is 6. The Morgan fingerprint density at radius 2 is 1.52 bits per heavy atom. The molecule has 0 aliphatic heterocycles. The van der Waals surface area contributed by atoms with E-state index in [1.165, 1.54) is 51.4 Å². The summed E-state index contributed by atoms with van der Waals surface area (Å²) in [5.41, 5.74) is 0.399. The zero-order valence-electron chi connectivity index (χ0n) is 13.6. The summed E-state index contributed by atoms with van der Waals surface area (Å²) < 4.78 is 0. The predicted molar refractivity (Wildman–Crippen MR) is 87.9 cm³/mol. The lowest BCUT2D eigenvalue weighted by Crippen LogP contribution is -2.27. The average molecular weight is 291 g/mol. The van der Waals surface area contributed by atoms with Crippen LogP contribution in [0.1, 0.15) is 75.7 Å². The number of anilines is 1. The number of hydrogen-bond donors (Lipinski definition) is 0. The molecule has 0 aromatic carbocycles. The van der Waals surface area contributed by atoms with Crippen LogP contribution in [-0.4, -0.2) is 29.3 Å². The third-order valence-corrected chi connectivity index (χ3v) is 3.67. The highest BCUT2D eigenvalue weighted by Gasteiger charge is 2.08. The fourth-order valence-electron chi connectivity index (χ4n) is 2.36. The summed E-state index contributed by atoms with van der Waals surface area (Å²) in [4.78, 5) is 21.5. The van der Waals surface area contributed by atoms with Crippen molar-refractivity contribution in [2.24, 2.45) is 0 Å². The topological polar surface area (TPSA) is 46.1 Å². The highest BCUT2D eigenvalue weighted by atomic mass is 16.1. The molecule has 0 amide bonds. The van der Waals surface area contributed by atoms with Gasteiger partial charge < -0.3 is 4.90 Å². The Bertz CT molecular complexity index is 366. The van der Waals surface area contributed by atoms with E-state index in [-0.39, 0.29) is 0 Å². The van der Waals surface area contributed by atoms with E-state index >= 15 is 0 Å². The molecule has 0 aliphatic rings. The normalized spacial score (nSPS) is 10.6. The Kier molecular flexibility index (Phi) is 9.42. The standard InChI is InChI=1S/C17H29N3O/c1-3-5-7-9-11-20(12-10-8-6-4-2)17-14-18-16(15-21)13-19-17/h13-15H,3-12H2,1-2H3. The minimum atomic E-state index is 0.399. The molecule has 1 heterocycles. The molecule has 4 heteroatoms. The first-order valence-electron chi connectivity index (χ1n) is 8.34.